The second-order valence-corrected chi connectivity index (χ2v) is 7.18. The van der Waals surface area contributed by atoms with Crippen molar-refractivity contribution in [1.29, 1.82) is 5.26 Å². The van der Waals surface area contributed by atoms with Gasteiger partial charge in [-0.05, 0) is 29.3 Å². The number of morpholine rings is 1. The summed E-state index contributed by atoms with van der Waals surface area (Å²) in [5.74, 6) is 0. The third-order valence-electron chi connectivity index (χ3n) is 4.89. The molecule has 0 atom stereocenters. The third kappa shape index (κ3) is 4.12. The van der Waals surface area contributed by atoms with E-state index >= 15 is 0 Å². The minimum atomic E-state index is 0.420. The van der Waals surface area contributed by atoms with Crippen LogP contribution in [0.25, 0.3) is 22.2 Å². The first-order valence-corrected chi connectivity index (χ1v) is 9.46. The van der Waals surface area contributed by atoms with Gasteiger partial charge in [-0.3, -0.25) is 4.90 Å². The predicted octanol–water partition coefficient (Wildman–Crippen LogP) is 4.45. The van der Waals surface area contributed by atoms with E-state index in [9.17, 15) is 0 Å². The first-order valence-electron chi connectivity index (χ1n) is 9.08. The number of benzene rings is 2. The van der Waals surface area contributed by atoms with Crippen LogP contribution in [0.5, 0.6) is 0 Å². The van der Waals surface area contributed by atoms with Crippen LogP contribution in [0.4, 0.5) is 0 Å². The summed E-state index contributed by atoms with van der Waals surface area (Å²) in [5, 5.41) is 10.7. The summed E-state index contributed by atoms with van der Waals surface area (Å²) in [7, 11) is 0. The topological polar surface area (TPSA) is 49.2 Å². The normalized spacial score (nSPS) is 15.0. The summed E-state index contributed by atoms with van der Waals surface area (Å²) in [5.41, 5.74) is 5.14. The molecule has 27 heavy (non-hydrogen) atoms. The van der Waals surface area contributed by atoms with Gasteiger partial charge in [0.1, 0.15) is 0 Å². The van der Waals surface area contributed by atoms with E-state index in [1.807, 2.05) is 36.4 Å². The number of rotatable bonds is 4. The number of nitrogens with zero attached hydrogens (tertiary/aromatic N) is 3. The highest BCUT2D eigenvalue weighted by Crippen LogP contribution is 2.28. The van der Waals surface area contributed by atoms with Gasteiger partial charge in [-0.15, -0.1) is 0 Å². The molecule has 1 aliphatic heterocycles. The SMILES string of the molecule is N#CCc1ccc(-c2cc(CN3CCOCC3)c3ccc(Cl)cc3n2)cc1. The first kappa shape index (κ1) is 17.9. The minimum Gasteiger partial charge on any atom is -0.379 e. The monoisotopic (exact) mass is 377 g/mol. The third-order valence-corrected chi connectivity index (χ3v) is 5.12. The average Bonchev–Trinajstić information content (AvgIpc) is 2.69. The van der Waals surface area contributed by atoms with E-state index in [1.165, 1.54) is 5.56 Å². The molecule has 2 aromatic carbocycles. The van der Waals surface area contributed by atoms with Crippen LogP contribution in [0.2, 0.25) is 5.02 Å². The van der Waals surface area contributed by atoms with E-state index in [4.69, 9.17) is 26.6 Å². The Balaban J connectivity index is 1.75. The summed E-state index contributed by atoms with van der Waals surface area (Å²) >= 11 is 6.22. The highest BCUT2D eigenvalue weighted by molar-refractivity contribution is 6.31. The predicted molar refractivity (Wildman–Crippen MR) is 108 cm³/mol. The van der Waals surface area contributed by atoms with Gasteiger partial charge in [0.05, 0.1) is 36.9 Å². The van der Waals surface area contributed by atoms with Crippen LogP contribution < -0.4 is 0 Å². The zero-order chi connectivity index (χ0) is 18.6. The van der Waals surface area contributed by atoms with Crippen LogP contribution in [0.3, 0.4) is 0 Å². The van der Waals surface area contributed by atoms with Crippen molar-refractivity contribution in [2.75, 3.05) is 26.3 Å². The van der Waals surface area contributed by atoms with Crippen LogP contribution in [-0.2, 0) is 17.7 Å². The molecule has 5 heteroatoms. The summed E-state index contributed by atoms with van der Waals surface area (Å²) in [6.07, 6.45) is 0.420. The molecule has 136 valence electrons. The zero-order valence-corrected chi connectivity index (χ0v) is 15.7. The van der Waals surface area contributed by atoms with Crippen molar-refractivity contribution < 1.29 is 4.74 Å². The lowest BCUT2D eigenvalue weighted by molar-refractivity contribution is 0.0344. The molecule has 1 fully saturated rings. The number of aromatic nitrogens is 1. The molecular weight excluding hydrogens is 358 g/mol. The second-order valence-electron chi connectivity index (χ2n) is 6.75. The first-order chi connectivity index (χ1) is 13.2. The van der Waals surface area contributed by atoms with Gasteiger partial charge in [0, 0.05) is 35.6 Å². The van der Waals surface area contributed by atoms with Crippen molar-refractivity contribution in [3.8, 4) is 17.3 Å². The van der Waals surface area contributed by atoms with Gasteiger partial charge in [-0.25, -0.2) is 4.98 Å². The highest BCUT2D eigenvalue weighted by Gasteiger charge is 2.14. The number of hydrogen-bond acceptors (Lipinski definition) is 4. The summed E-state index contributed by atoms with van der Waals surface area (Å²) < 4.78 is 5.47. The van der Waals surface area contributed by atoms with E-state index in [2.05, 4.69) is 23.1 Å². The lowest BCUT2D eigenvalue weighted by Gasteiger charge is -2.27. The van der Waals surface area contributed by atoms with Gasteiger partial charge in [0.25, 0.3) is 0 Å². The van der Waals surface area contributed by atoms with Gasteiger partial charge < -0.3 is 4.74 Å². The fourth-order valence-corrected chi connectivity index (χ4v) is 3.60. The van der Waals surface area contributed by atoms with E-state index in [0.29, 0.717) is 11.4 Å². The Morgan fingerprint density at radius 1 is 1.07 bits per heavy atom. The Hall–Kier alpha value is -2.45. The Bertz CT molecular complexity index is 989. The Morgan fingerprint density at radius 2 is 1.85 bits per heavy atom. The minimum absolute atomic E-state index is 0.420. The summed E-state index contributed by atoms with van der Waals surface area (Å²) in [4.78, 5) is 7.25. The molecule has 0 radical (unpaired) electrons. The number of nitriles is 1. The second kappa shape index (κ2) is 8.06. The molecule has 4 nitrogen and oxygen atoms in total. The molecule has 0 spiro atoms. The lowest BCUT2D eigenvalue weighted by Crippen LogP contribution is -2.35. The molecule has 1 aromatic heterocycles. The molecule has 1 aliphatic rings. The molecule has 0 aliphatic carbocycles. The lowest BCUT2D eigenvalue weighted by atomic mass is 10.0. The standard InChI is InChI=1S/C22H20ClN3O/c23-19-5-6-20-18(15-26-9-11-27-12-10-26)13-21(25-22(20)14-19)17-3-1-16(2-4-17)7-8-24/h1-6,13-14H,7,9-12,15H2. The number of pyridine rings is 1. The fraction of sp³-hybridized carbons (Fsp3) is 0.273. The van der Waals surface area contributed by atoms with Gasteiger partial charge in [0.15, 0.2) is 0 Å². The number of ether oxygens (including phenoxy) is 1. The molecule has 0 amide bonds. The van der Waals surface area contributed by atoms with Crippen molar-refractivity contribution >= 4 is 22.5 Å². The van der Waals surface area contributed by atoms with Crippen LogP contribution in [0.15, 0.2) is 48.5 Å². The van der Waals surface area contributed by atoms with Crippen LogP contribution in [0, 0.1) is 11.3 Å². The Morgan fingerprint density at radius 3 is 2.59 bits per heavy atom. The van der Waals surface area contributed by atoms with Gasteiger partial charge in [0.2, 0.25) is 0 Å². The fourth-order valence-electron chi connectivity index (χ4n) is 3.44. The Labute approximate surface area is 164 Å². The largest absolute Gasteiger partial charge is 0.379 e. The quantitative estimate of drug-likeness (QED) is 0.673. The van der Waals surface area contributed by atoms with Crippen LogP contribution >= 0.6 is 11.6 Å². The van der Waals surface area contributed by atoms with Gasteiger partial charge in [-0.1, -0.05) is 41.9 Å². The van der Waals surface area contributed by atoms with Crippen molar-refractivity contribution in [2.24, 2.45) is 0 Å². The van der Waals surface area contributed by atoms with E-state index in [1.54, 1.807) is 0 Å². The molecule has 4 rings (SSSR count). The zero-order valence-electron chi connectivity index (χ0n) is 15.0. The van der Waals surface area contributed by atoms with Crippen LogP contribution in [0.1, 0.15) is 11.1 Å². The highest BCUT2D eigenvalue weighted by atomic mass is 35.5. The van der Waals surface area contributed by atoms with Crippen molar-refractivity contribution in [3.63, 3.8) is 0 Å². The number of fused-ring (bicyclic) bond motifs is 1. The van der Waals surface area contributed by atoms with Crippen LogP contribution in [-0.4, -0.2) is 36.2 Å². The van der Waals surface area contributed by atoms with E-state index in [-0.39, 0.29) is 0 Å². The molecule has 2 heterocycles. The average molecular weight is 378 g/mol. The summed E-state index contributed by atoms with van der Waals surface area (Å²) in [6.45, 7) is 4.30. The molecule has 0 N–H and O–H groups in total. The molecule has 0 saturated carbocycles. The van der Waals surface area contributed by atoms with E-state index in [0.717, 1.165) is 60.6 Å². The Kier molecular flexibility index (Phi) is 5.35. The smallest absolute Gasteiger partial charge is 0.0727 e. The molecule has 1 saturated heterocycles. The molecular formula is C22H20ClN3O. The summed E-state index contributed by atoms with van der Waals surface area (Å²) in [6, 6.07) is 18.3. The number of hydrogen-bond donors (Lipinski definition) is 0. The van der Waals surface area contributed by atoms with E-state index < -0.39 is 0 Å². The maximum absolute atomic E-state index is 8.85. The molecule has 3 aromatic rings. The molecule has 0 unspecified atom stereocenters. The van der Waals surface area contributed by atoms with Crippen molar-refractivity contribution in [3.05, 3.63) is 64.7 Å². The maximum Gasteiger partial charge on any atom is 0.0727 e. The van der Waals surface area contributed by atoms with Crippen molar-refractivity contribution in [2.45, 2.75) is 13.0 Å². The maximum atomic E-state index is 8.85. The van der Waals surface area contributed by atoms with Gasteiger partial charge in [-0.2, -0.15) is 5.26 Å². The number of halogens is 1. The van der Waals surface area contributed by atoms with Crippen molar-refractivity contribution in [1.82, 2.24) is 9.88 Å². The van der Waals surface area contributed by atoms with Gasteiger partial charge >= 0.3 is 0 Å². The molecule has 0 bridgehead atoms.